The van der Waals surface area contributed by atoms with Crippen molar-refractivity contribution < 1.29 is 24.2 Å². The summed E-state index contributed by atoms with van der Waals surface area (Å²) in [5.41, 5.74) is -0.698. The number of carbonyl (C=O) groups is 3. The lowest BCUT2D eigenvalue weighted by Gasteiger charge is -2.43. The van der Waals surface area contributed by atoms with Gasteiger partial charge in [0.15, 0.2) is 0 Å². The van der Waals surface area contributed by atoms with Gasteiger partial charge in [-0.1, -0.05) is 37.5 Å². The highest BCUT2D eigenvalue weighted by molar-refractivity contribution is 5.93. The maximum absolute atomic E-state index is 13.7. The highest BCUT2D eigenvalue weighted by Gasteiger charge is 2.42. The number of nitrogens with one attached hydrogen (secondary N) is 2. The first kappa shape index (κ1) is 29.0. The van der Waals surface area contributed by atoms with E-state index in [0.29, 0.717) is 17.7 Å². The molecule has 1 aromatic rings. The lowest BCUT2D eigenvalue weighted by Crippen LogP contribution is -2.59. The Hall–Kier alpha value is -3.05. The second kappa shape index (κ2) is 12.4. The predicted molar refractivity (Wildman–Crippen MR) is 132 cm³/mol. The van der Waals surface area contributed by atoms with E-state index in [4.69, 9.17) is 11.2 Å². The summed E-state index contributed by atoms with van der Waals surface area (Å²) in [4.78, 5) is 40.9. The molecular formula is C26H39N3O5. The topological polar surface area (TPSA) is 108 Å². The fraction of sp³-hybridized carbons (Fsp3) is 0.577. The molecule has 0 radical (unpaired) electrons. The van der Waals surface area contributed by atoms with Crippen LogP contribution in [-0.4, -0.2) is 58.2 Å². The second-order valence-corrected chi connectivity index (χ2v) is 10.0. The van der Waals surface area contributed by atoms with Crippen molar-refractivity contribution in [2.24, 2.45) is 0 Å². The fourth-order valence-electron chi connectivity index (χ4n) is 3.40. The van der Waals surface area contributed by atoms with Crippen LogP contribution in [0.1, 0.15) is 78.5 Å². The number of aliphatic hydroxyl groups excluding tert-OH is 1. The molecule has 0 aliphatic heterocycles. The van der Waals surface area contributed by atoms with Gasteiger partial charge >= 0.3 is 6.09 Å². The van der Waals surface area contributed by atoms with E-state index in [1.165, 1.54) is 4.90 Å². The summed E-state index contributed by atoms with van der Waals surface area (Å²) in [5.74, 6) is 1.56. The number of aliphatic hydroxyl groups is 1. The summed E-state index contributed by atoms with van der Waals surface area (Å²) in [5, 5.41) is 15.3. The molecule has 8 heteroatoms. The Bertz CT molecular complexity index is 893. The number of nitrogens with zero attached hydrogens (tertiary/aromatic N) is 1. The molecule has 34 heavy (non-hydrogen) atoms. The van der Waals surface area contributed by atoms with Crippen LogP contribution in [0.3, 0.4) is 0 Å². The molecule has 2 unspecified atom stereocenters. The van der Waals surface area contributed by atoms with Gasteiger partial charge in [-0.05, 0) is 59.6 Å². The minimum absolute atomic E-state index is 0.395. The van der Waals surface area contributed by atoms with E-state index in [2.05, 4.69) is 16.6 Å². The number of carbonyl (C=O) groups excluding carboxylic acids is 3. The fourth-order valence-corrected chi connectivity index (χ4v) is 3.40. The maximum atomic E-state index is 13.7. The first-order valence-corrected chi connectivity index (χ1v) is 11.5. The van der Waals surface area contributed by atoms with E-state index in [-0.39, 0.29) is 0 Å². The number of terminal acetylenes is 1. The van der Waals surface area contributed by atoms with Gasteiger partial charge < -0.3 is 25.4 Å². The summed E-state index contributed by atoms with van der Waals surface area (Å²) in [6.07, 6.45) is 6.53. The van der Waals surface area contributed by atoms with Crippen LogP contribution in [0.25, 0.3) is 0 Å². The van der Waals surface area contributed by atoms with Crippen molar-refractivity contribution in [2.45, 2.75) is 84.5 Å². The number of hydrogen-bond acceptors (Lipinski definition) is 5. The molecule has 0 saturated heterocycles. The number of benzene rings is 1. The molecule has 0 aromatic heterocycles. The SMILES string of the molecule is C#Cc1ccccc1C(C(=O)NCCCC)N(C(=O)C(CO)NC(=O)OC(C)(C)C)C(C)(C)C. The number of rotatable bonds is 9. The molecule has 1 aromatic carbocycles. The first-order valence-electron chi connectivity index (χ1n) is 11.5. The Morgan fingerprint density at radius 3 is 2.26 bits per heavy atom. The van der Waals surface area contributed by atoms with Crippen molar-refractivity contribution >= 4 is 17.9 Å². The van der Waals surface area contributed by atoms with Gasteiger partial charge in [-0.3, -0.25) is 9.59 Å². The van der Waals surface area contributed by atoms with Crippen LogP contribution < -0.4 is 10.6 Å². The third-order valence-electron chi connectivity index (χ3n) is 4.88. The van der Waals surface area contributed by atoms with Gasteiger partial charge in [0, 0.05) is 17.6 Å². The Morgan fingerprint density at radius 2 is 1.76 bits per heavy atom. The highest BCUT2D eigenvalue weighted by atomic mass is 16.6. The third kappa shape index (κ3) is 8.38. The minimum atomic E-state index is -1.32. The van der Waals surface area contributed by atoms with Crippen LogP contribution in [0.4, 0.5) is 4.79 Å². The van der Waals surface area contributed by atoms with Crippen LogP contribution in [0.15, 0.2) is 24.3 Å². The Kier molecular flexibility index (Phi) is 10.6. The molecule has 0 spiro atoms. The quantitative estimate of drug-likeness (QED) is 0.377. The lowest BCUT2D eigenvalue weighted by atomic mass is 9.92. The number of alkyl carbamates (subject to hydrolysis) is 1. The van der Waals surface area contributed by atoms with Crippen LogP contribution in [0.5, 0.6) is 0 Å². The van der Waals surface area contributed by atoms with Crippen molar-refractivity contribution in [3.05, 3.63) is 35.4 Å². The van der Waals surface area contributed by atoms with Gasteiger partial charge in [0.25, 0.3) is 0 Å². The van der Waals surface area contributed by atoms with Crippen molar-refractivity contribution in [3.63, 3.8) is 0 Å². The van der Waals surface area contributed by atoms with Crippen molar-refractivity contribution in [3.8, 4) is 12.3 Å². The molecule has 0 saturated carbocycles. The zero-order chi connectivity index (χ0) is 26.1. The van der Waals surface area contributed by atoms with Gasteiger partial charge in [0.2, 0.25) is 11.8 Å². The van der Waals surface area contributed by atoms with Crippen molar-refractivity contribution in [2.75, 3.05) is 13.2 Å². The average Bonchev–Trinajstić information content (AvgIpc) is 2.73. The van der Waals surface area contributed by atoms with Gasteiger partial charge in [0.05, 0.1) is 6.61 Å². The van der Waals surface area contributed by atoms with Crippen LogP contribution in [-0.2, 0) is 14.3 Å². The van der Waals surface area contributed by atoms with Gasteiger partial charge in [0.1, 0.15) is 17.7 Å². The molecule has 0 aliphatic rings. The molecule has 2 atom stereocenters. The van der Waals surface area contributed by atoms with E-state index < -0.39 is 47.7 Å². The molecule has 0 bridgehead atoms. The van der Waals surface area contributed by atoms with E-state index in [9.17, 15) is 19.5 Å². The molecule has 188 valence electrons. The smallest absolute Gasteiger partial charge is 0.408 e. The van der Waals surface area contributed by atoms with E-state index >= 15 is 0 Å². The summed E-state index contributed by atoms with van der Waals surface area (Å²) in [6, 6.07) is 4.52. The molecule has 3 N–H and O–H groups in total. The molecule has 0 aliphatic carbocycles. The lowest BCUT2D eigenvalue weighted by molar-refractivity contribution is -0.149. The van der Waals surface area contributed by atoms with Crippen LogP contribution in [0, 0.1) is 12.3 Å². The molecule has 0 fully saturated rings. The van der Waals surface area contributed by atoms with Crippen molar-refractivity contribution in [1.82, 2.24) is 15.5 Å². The Balaban J connectivity index is 3.51. The van der Waals surface area contributed by atoms with Gasteiger partial charge in [-0.25, -0.2) is 4.79 Å². The number of hydrogen-bond donors (Lipinski definition) is 3. The Labute approximate surface area is 203 Å². The zero-order valence-corrected chi connectivity index (χ0v) is 21.4. The third-order valence-corrected chi connectivity index (χ3v) is 4.88. The minimum Gasteiger partial charge on any atom is -0.444 e. The normalized spacial score (nSPS) is 13.3. The molecule has 3 amide bonds. The number of ether oxygens (including phenoxy) is 1. The maximum Gasteiger partial charge on any atom is 0.408 e. The highest BCUT2D eigenvalue weighted by Crippen LogP contribution is 2.31. The van der Waals surface area contributed by atoms with E-state index in [1.54, 1.807) is 65.8 Å². The van der Waals surface area contributed by atoms with E-state index in [0.717, 1.165) is 12.8 Å². The van der Waals surface area contributed by atoms with Crippen LogP contribution >= 0.6 is 0 Å². The standard InChI is InChI=1S/C26H39N3O5/c1-9-11-16-27-22(31)21(19-15-13-12-14-18(19)10-2)29(25(3,4)5)23(32)20(17-30)28-24(33)34-26(6,7)8/h2,12-15,20-21,30H,9,11,16-17H2,1,3-8H3,(H,27,31)(H,28,33). The van der Waals surface area contributed by atoms with E-state index in [1.807, 2.05) is 6.92 Å². The molecular weight excluding hydrogens is 434 g/mol. The predicted octanol–water partition coefficient (Wildman–Crippen LogP) is 3.14. The number of amides is 3. The second-order valence-electron chi connectivity index (χ2n) is 10.0. The zero-order valence-electron chi connectivity index (χ0n) is 21.4. The number of unbranched alkanes of at least 4 members (excludes halogenated alkanes) is 1. The average molecular weight is 474 g/mol. The summed E-state index contributed by atoms with van der Waals surface area (Å²) in [7, 11) is 0. The molecule has 0 heterocycles. The van der Waals surface area contributed by atoms with Gasteiger partial charge in [-0.15, -0.1) is 6.42 Å². The van der Waals surface area contributed by atoms with Crippen molar-refractivity contribution in [1.29, 1.82) is 0 Å². The first-order chi connectivity index (χ1) is 15.8. The summed E-state index contributed by atoms with van der Waals surface area (Å²) < 4.78 is 5.24. The molecule has 1 rings (SSSR count). The summed E-state index contributed by atoms with van der Waals surface area (Å²) >= 11 is 0. The Morgan fingerprint density at radius 1 is 1.15 bits per heavy atom. The van der Waals surface area contributed by atoms with Crippen LogP contribution in [0.2, 0.25) is 0 Å². The van der Waals surface area contributed by atoms with Gasteiger partial charge in [-0.2, -0.15) is 0 Å². The summed E-state index contributed by atoms with van der Waals surface area (Å²) in [6.45, 7) is 12.2. The monoisotopic (exact) mass is 473 g/mol. The molecule has 8 nitrogen and oxygen atoms in total. The largest absolute Gasteiger partial charge is 0.444 e.